The Balaban J connectivity index is 1.97. The Morgan fingerprint density at radius 2 is 2.15 bits per heavy atom. The van der Waals surface area contributed by atoms with Gasteiger partial charge in [-0.2, -0.15) is 0 Å². The largest absolute Gasteiger partial charge is 0.240 e. The van der Waals surface area contributed by atoms with E-state index < -0.39 is 0 Å². The van der Waals surface area contributed by atoms with Crippen LogP contribution in [0.15, 0.2) is 5.10 Å². The van der Waals surface area contributed by atoms with Crippen LogP contribution in [0.25, 0.3) is 0 Å². The summed E-state index contributed by atoms with van der Waals surface area (Å²) >= 11 is 3.95. The van der Waals surface area contributed by atoms with Gasteiger partial charge in [-0.15, -0.1) is 9.68 Å². The van der Waals surface area contributed by atoms with Crippen molar-refractivity contribution in [2.24, 2.45) is 5.10 Å². The third-order valence-corrected chi connectivity index (χ3v) is 2.35. The van der Waals surface area contributed by atoms with Crippen LogP contribution in [-0.2, 0) is 4.84 Å². The Labute approximate surface area is 85.6 Å². The van der Waals surface area contributed by atoms with Crippen molar-refractivity contribution in [3.8, 4) is 0 Å². The minimum atomic E-state index is 0.622. The summed E-state index contributed by atoms with van der Waals surface area (Å²) in [6.07, 6.45) is 7.58. The van der Waals surface area contributed by atoms with Crippen LogP contribution in [0.1, 0.15) is 45.4 Å². The lowest BCUT2D eigenvalue weighted by Crippen LogP contribution is -2.01. The van der Waals surface area contributed by atoms with E-state index in [-0.39, 0.29) is 0 Å². The molecular weight excluding hydrogens is 184 g/mol. The molecule has 0 aromatic heterocycles. The van der Waals surface area contributed by atoms with Gasteiger partial charge in [-0.05, 0) is 25.7 Å². The van der Waals surface area contributed by atoms with Gasteiger partial charge in [-0.1, -0.05) is 32.6 Å². The molecule has 0 aromatic rings. The van der Waals surface area contributed by atoms with Gasteiger partial charge in [0.05, 0.1) is 5.71 Å². The number of hydrazone groups is 1. The predicted octanol–water partition coefficient (Wildman–Crippen LogP) is 2.79. The Hall–Kier alpha value is -0.220. The first-order chi connectivity index (χ1) is 6.33. The molecule has 1 aliphatic heterocycles. The first kappa shape index (κ1) is 10.9. The molecule has 0 fully saturated rings. The molecule has 0 spiro atoms. The summed E-state index contributed by atoms with van der Waals surface area (Å²) in [5.74, 6) is 0. The molecule has 3 nitrogen and oxygen atoms in total. The second-order valence-electron chi connectivity index (χ2n) is 3.36. The van der Waals surface area contributed by atoms with E-state index in [9.17, 15) is 0 Å². The maximum Gasteiger partial charge on any atom is 0.118 e. The Kier molecular flexibility index (Phi) is 5.23. The molecule has 1 heterocycles. The average Bonchev–Trinajstić information content (AvgIpc) is 2.51. The fourth-order valence-corrected chi connectivity index (χ4v) is 1.55. The van der Waals surface area contributed by atoms with E-state index in [1.807, 2.05) is 0 Å². The lowest BCUT2D eigenvalue weighted by molar-refractivity contribution is -0.0299. The number of nitrogens with zero attached hydrogens (tertiary/aromatic N) is 2. The number of rotatable bonds is 6. The Morgan fingerprint density at radius 1 is 1.38 bits per heavy atom. The third-order valence-electron chi connectivity index (χ3n) is 2.14. The average molecular weight is 202 g/mol. The topological polar surface area (TPSA) is 24.8 Å². The van der Waals surface area contributed by atoms with Crippen molar-refractivity contribution in [3.05, 3.63) is 0 Å². The molecule has 1 rings (SSSR count). The molecule has 0 N–H and O–H groups in total. The first-order valence-corrected chi connectivity index (χ1v) is 5.41. The van der Waals surface area contributed by atoms with Gasteiger partial charge >= 0.3 is 0 Å². The SMILES string of the molecule is CCCCCCCC1=NN(S)OC1. The molecular formula is C9H18N2OS. The third kappa shape index (κ3) is 4.52. The maximum atomic E-state index is 5.04. The fraction of sp³-hybridized carbons (Fsp3) is 0.889. The number of hydrogen-bond donors (Lipinski definition) is 1. The smallest absolute Gasteiger partial charge is 0.118 e. The molecule has 0 amide bonds. The first-order valence-electron chi connectivity index (χ1n) is 5.01. The van der Waals surface area contributed by atoms with E-state index in [2.05, 4.69) is 24.8 Å². The normalized spacial score (nSPS) is 16.5. The minimum absolute atomic E-state index is 0.622. The van der Waals surface area contributed by atoms with Crippen LogP contribution in [0.3, 0.4) is 0 Å². The van der Waals surface area contributed by atoms with E-state index in [1.54, 1.807) is 0 Å². The van der Waals surface area contributed by atoms with Crippen molar-refractivity contribution in [2.75, 3.05) is 6.61 Å². The van der Waals surface area contributed by atoms with Crippen LogP contribution in [0.5, 0.6) is 0 Å². The lowest BCUT2D eigenvalue weighted by atomic mass is 10.1. The van der Waals surface area contributed by atoms with Gasteiger partial charge in [0.25, 0.3) is 0 Å². The van der Waals surface area contributed by atoms with Crippen LogP contribution in [0, 0.1) is 0 Å². The van der Waals surface area contributed by atoms with Gasteiger partial charge in [0, 0.05) is 0 Å². The van der Waals surface area contributed by atoms with Crippen LogP contribution in [0.4, 0.5) is 0 Å². The van der Waals surface area contributed by atoms with Crippen molar-refractivity contribution in [1.29, 1.82) is 0 Å². The zero-order valence-corrected chi connectivity index (χ0v) is 9.09. The van der Waals surface area contributed by atoms with Crippen molar-refractivity contribution < 1.29 is 4.84 Å². The van der Waals surface area contributed by atoms with Gasteiger partial charge in [0.1, 0.15) is 6.61 Å². The zero-order chi connectivity index (χ0) is 9.52. The standard InChI is InChI=1S/C9H18N2OS/c1-2-3-4-5-6-7-9-8-12-11(13)10-9/h13H,2-8H2,1H3. The summed E-state index contributed by atoms with van der Waals surface area (Å²) in [5, 5.41) is 4.10. The highest BCUT2D eigenvalue weighted by atomic mass is 32.1. The van der Waals surface area contributed by atoms with Crippen LogP contribution in [0.2, 0.25) is 0 Å². The van der Waals surface area contributed by atoms with E-state index in [1.165, 1.54) is 36.7 Å². The summed E-state index contributed by atoms with van der Waals surface area (Å²) in [4.78, 5) is 5.04. The minimum Gasteiger partial charge on any atom is -0.240 e. The van der Waals surface area contributed by atoms with E-state index in [0.29, 0.717) is 6.61 Å². The molecule has 0 bridgehead atoms. The van der Waals surface area contributed by atoms with Gasteiger partial charge in [0.2, 0.25) is 0 Å². The molecule has 0 aromatic carbocycles. The van der Waals surface area contributed by atoms with E-state index in [4.69, 9.17) is 4.84 Å². The molecule has 0 unspecified atom stereocenters. The summed E-state index contributed by atoms with van der Waals surface area (Å²) in [7, 11) is 0. The van der Waals surface area contributed by atoms with Crippen molar-refractivity contribution in [2.45, 2.75) is 45.4 Å². The molecule has 76 valence electrons. The van der Waals surface area contributed by atoms with Crippen LogP contribution in [-0.4, -0.2) is 16.9 Å². The van der Waals surface area contributed by atoms with Crippen LogP contribution < -0.4 is 0 Å². The number of unbranched alkanes of at least 4 members (excludes halogenated alkanes) is 4. The summed E-state index contributed by atoms with van der Waals surface area (Å²) < 4.78 is 1.25. The van der Waals surface area contributed by atoms with Gasteiger partial charge in [0.15, 0.2) is 0 Å². The van der Waals surface area contributed by atoms with Gasteiger partial charge in [-0.25, -0.2) is 4.84 Å². The monoisotopic (exact) mass is 202 g/mol. The molecule has 13 heavy (non-hydrogen) atoms. The highest BCUT2D eigenvalue weighted by Gasteiger charge is 2.11. The number of hydrogen-bond acceptors (Lipinski definition) is 4. The summed E-state index contributed by atoms with van der Waals surface area (Å²) in [5.41, 5.74) is 1.12. The highest BCUT2D eigenvalue weighted by Crippen LogP contribution is 2.11. The number of thiol groups is 1. The predicted molar refractivity (Wildman–Crippen MR) is 57.6 cm³/mol. The molecule has 4 heteroatoms. The Morgan fingerprint density at radius 3 is 2.77 bits per heavy atom. The second-order valence-corrected chi connectivity index (χ2v) is 3.70. The van der Waals surface area contributed by atoms with E-state index >= 15 is 0 Å². The van der Waals surface area contributed by atoms with Gasteiger partial charge < -0.3 is 0 Å². The molecule has 1 aliphatic rings. The lowest BCUT2D eigenvalue weighted by Gasteiger charge is -1.98. The molecule has 0 saturated heterocycles. The second kappa shape index (κ2) is 6.27. The molecule has 0 radical (unpaired) electrons. The molecule has 0 atom stereocenters. The van der Waals surface area contributed by atoms with Gasteiger partial charge in [-0.3, -0.25) is 0 Å². The summed E-state index contributed by atoms with van der Waals surface area (Å²) in [6.45, 7) is 2.85. The van der Waals surface area contributed by atoms with E-state index in [0.717, 1.165) is 12.1 Å². The fourth-order valence-electron chi connectivity index (χ4n) is 1.37. The zero-order valence-electron chi connectivity index (χ0n) is 8.20. The quantitative estimate of drug-likeness (QED) is 0.529. The van der Waals surface area contributed by atoms with Crippen LogP contribution >= 0.6 is 12.8 Å². The van der Waals surface area contributed by atoms with Crippen molar-refractivity contribution >= 4 is 18.5 Å². The Bertz CT molecular complexity index is 173. The van der Waals surface area contributed by atoms with Crippen molar-refractivity contribution in [3.63, 3.8) is 0 Å². The molecule has 0 aliphatic carbocycles. The highest BCUT2D eigenvalue weighted by molar-refractivity contribution is 7.77. The maximum absolute atomic E-state index is 5.04. The van der Waals surface area contributed by atoms with Crippen molar-refractivity contribution in [1.82, 2.24) is 4.58 Å². The molecule has 0 saturated carbocycles. The summed E-state index contributed by atoms with van der Waals surface area (Å²) in [6, 6.07) is 0.